The van der Waals surface area contributed by atoms with Crippen molar-refractivity contribution in [3.63, 3.8) is 0 Å². The number of nitrogens with zero attached hydrogens (tertiary/aromatic N) is 2. The lowest BCUT2D eigenvalue weighted by molar-refractivity contribution is 0.0724. The van der Waals surface area contributed by atoms with Gasteiger partial charge < -0.3 is 20.3 Å². The zero-order valence-corrected chi connectivity index (χ0v) is 18.9. The van der Waals surface area contributed by atoms with Crippen molar-refractivity contribution < 1.29 is 13.9 Å². The Bertz CT molecular complexity index is 895. The Labute approximate surface area is 189 Å². The molecular weight excluding hydrogens is 407 g/mol. The molecule has 1 heterocycles. The predicted octanol–water partition coefficient (Wildman–Crippen LogP) is 3.97. The van der Waals surface area contributed by atoms with Crippen molar-refractivity contribution in [2.24, 2.45) is 4.99 Å². The van der Waals surface area contributed by atoms with Gasteiger partial charge in [-0.25, -0.2) is 9.38 Å². The van der Waals surface area contributed by atoms with Gasteiger partial charge in [0.15, 0.2) is 17.5 Å². The van der Waals surface area contributed by atoms with Gasteiger partial charge in [-0.05, 0) is 62.9 Å². The number of likely N-dealkylation sites (tertiary alicyclic amines) is 1. The zero-order valence-electron chi connectivity index (χ0n) is 18.9. The van der Waals surface area contributed by atoms with Crippen LogP contribution in [-0.4, -0.2) is 49.0 Å². The number of para-hydroxylation sites is 1. The largest absolute Gasteiger partial charge is 0.486 e. The van der Waals surface area contributed by atoms with E-state index in [1.807, 2.05) is 43.0 Å². The van der Waals surface area contributed by atoms with Crippen molar-refractivity contribution in [3.05, 3.63) is 65.5 Å². The molecule has 172 valence electrons. The molecular formula is C25H33FN4O2. The van der Waals surface area contributed by atoms with Gasteiger partial charge in [-0.3, -0.25) is 4.79 Å². The second-order valence-corrected chi connectivity index (χ2v) is 7.98. The summed E-state index contributed by atoms with van der Waals surface area (Å²) in [7, 11) is 0. The van der Waals surface area contributed by atoms with E-state index in [1.54, 1.807) is 18.2 Å². The highest BCUT2D eigenvalue weighted by Crippen LogP contribution is 2.17. The van der Waals surface area contributed by atoms with E-state index in [0.29, 0.717) is 19.0 Å². The van der Waals surface area contributed by atoms with Crippen LogP contribution in [0.1, 0.15) is 49.0 Å². The standard InChI is InChI=1S/C25H33FN4O2/c1-3-27-25(28-17-19(2)32-23-10-6-5-9-22(23)26)29-18-20-11-13-21(14-12-20)24(31)30-15-7-4-8-16-30/h5-6,9-14,19H,3-4,7-8,15-18H2,1-2H3,(H2,27,28,29). The minimum absolute atomic E-state index is 0.110. The molecule has 1 unspecified atom stereocenters. The molecule has 1 aliphatic heterocycles. The summed E-state index contributed by atoms with van der Waals surface area (Å²) >= 11 is 0. The molecule has 0 aliphatic carbocycles. The fourth-order valence-corrected chi connectivity index (χ4v) is 3.58. The first-order valence-electron chi connectivity index (χ1n) is 11.4. The van der Waals surface area contributed by atoms with Gasteiger partial charge >= 0.3 is 0 Å². The third-order valence-corrected chi connectivity index (χ3v) is 5.33. The van der Waals surface area contributed by atoms with E-state index >= 15 is 0 Å². The number of nitrogens with one attached hydrogen (secondary N) is 2. The number of piperidine rings is 1. The summed E-state index contributed by atoms with van der Waals surface area (Å²) in [5.74, 6) is 0.633. The number of benzene rings is 2. The van der Waals surface area contributed by atoms with Gasteiger partial charge in [0.25, 0.3) is 5.91 Å². The average Bonchev–Trinajstić information content (AvgIpc) is 2.83. The van der Waals surface area contributed by atoms with E-state index < -0.39 is 0 Å². The van der Waals surface area contributed by atoms with Crippen LogP contribution in [0.15, 0.2) is 53.5 Å². The molecule has 2 N–H and O–H groups in total. The van der Waals surface area contributed by atoms with Gasteiger partial charge in [0.1, 0.15) is 6.10 Å². The van der Waals surface area contributed by atoms with E-state index in [1.165, 1.54) is 12.5 Å². The second-order valence-electron chi connectivity index (χ2n) is 7.98. The van der Waals surface area contributed by atoms with Gasteiger partial charge in [-0.2, -0.15) is 0 Å². The SMILES string of the molecule is CCNC(=NCc1ccc(C(=O)N2CCCCC2)cc1)NCC(C)Oc1ccccc1F. The van der Waals surface area contributed by atoms with Crippen molar-refractivity contribution in [3.8, 4) is 5.75 Å². The van der Waals surface area contributed by atoms with Crippen LogP contribution in [0, 0.1) is 5.82 Å². The number of ether oxygens (including phenoxy) is 1. The quantitative estimate of drug-likeness (QED) is 0.482. The highest BCUT2D eigenvalue weighted by molar-refractivity contribution is 5.94. The molecule has 1 fully saturated rings. The molecule has 1 amide bonds. The topological polar surface area (TPSA) is 66.0 Å². The van der Waals surface area contributed by atoms with E-state index in [9.17, 15) is 9.18 Å². The van der Waals surface area contributed by atoms with Gasteiger partial charge in [0, 0.05) is 25.2 Å². The van der Waals surface area contributed by atoms with Crippen molar-refractivity contribution in [1.29, 1.82) is 0 Å². The van der Waals surface area contributed by atoms with Gasteiger partial charge in [-0.1, -0.05) is 24.3 Å². The number of rotatable bonds is 8. The smallest absolute Gasteiger partial charge is 0.253 e. The molecule has 0 aromatic heterocycles. The minimum atomic E-state index is -0.373. The monoisotopic (exact) mass is 440 g/mol. The van der Waals surface area contributed by atoms with Crippen LogP contribution in [0.5, 0.6) is 5.75 Å². The number of halogens is 1. The van der Waals surface area contributed by atoms with Crippen LogP contribution in [-0.2, 0) is 6.54 Å². The first kappa shape index (κ1) is 23.6. The third kappa shape index (κ3) is 6.97. The van der Waals surface area contributed by atoms with Crippen LogP contribution in [0.25, 0.3) is 0 Å². The zero-order chi connectivity index (χ0) is 22.8. The average molecular weight is 441 g/mol. The maximum atomic E-state index is 13.8. The molecule has 0 radical (unpaired) electrons. The first-order valence-corrected chi connectivity index (χ1v) is 11.4. The Kier molecular flexibility index (Phi) is 8.90. The summed E-state index contributed by atoms with van der Waals surface area (Å²) in [6.07, 6.45) is 3.14. The van der Waals surface area contributed by atoms with Crippen molar-refractivity contribution in [2.45, 2.75) is 45.8 Å². The van der Waals surface area contributed by atoms with Crippen LogP contribution in [0.4, 0.5) is 4.39 Å². The fraction of sp³-hybridized carbons (Fsp3) is 0.440. The van der Waals surface area contributed by atoms with Crippen molar-refractivity contribution in [1.82, 2.24) is 15.5 Å². The van der Waals surface area contributed by atoms with Crippen molar-refractivity contribution >= 4 is 11.9 Å². The molecule has 32 heavy (non-hydrogen) atoms. The normalized spacial score (nSPS) is 15.2. The van der Waals surface area contributed by atoms with E-state index in [4.69, 9.17) is 4.74 Å². The number of carbonyl (C=O) groups excluding carboxylic acids is 1. The van der Waals surface area contributed by atoms with Crippen LogP contribution < -0.4 is 15.4 Å². The summed E-state index contributed by atoms with van der Waals surface area (Å²) < 4.78 is 19.4. The number of carbonyl (C=O) groups is 1. The van der Waals surface area contributed by atoms with Crippen molar-refractivity contribution in [2.75, 3.05) is 26.2 Å². The van der Waals surface area contributed by atoms with Gasteiger partial charge in [0.05, 0.1) is 13.1 Å². The van der Waals surface area contributed by atoms with E-state index in [-0.39, 0.29) is 23.6 Å². The summed E-state index contributed by atoms with van der Waals surface area (Å²) in [4.78, 5) is 19.2. The molecule has 1 aliphatic rings. The number of hydrogen-bond donors (Lipinski definition) is 2. The number of amides is 1. The van der Waals surface area contributed by atoms with Crippen LogP contribution in [0.2, 0.25) is 0 Å². The van der Waals surface area contributed by atoms with E-state index in [0.717, 1.165) is 43.6 Å². The minimum Gasteiger partial charge on any atom is -0.486 e. The third-order valence-electron chi connectivity index (χ3n) is 5.33. The first-order chi connectivity index (χ1) is 15.6. The Morgan fingerprint density at radius 1 is 1.09 bits per heavy atom. The molecule has 2 aromatic carbocycles. The predicted molar refractivity (Wildman–Crippen MR) is 126 cm³/mol. The lowest BCUT2D eigenvalue weighted by Gasteiger charge is -2.26. The van der Waals surface area contributed by atoms with Crippen LogP contribution in [0.3, 0.4) is 0 Å². The lowest BCUT2D eigenvalue weighted by Crippen LogP contribution is -2.41. The molecule has 7 heteroatoms. The van der Waals surface area contributed by atoms with E-state index in [2.05, 4.69) is 15.6 Å². The highest BCUT2D eigenvalue weighted by Gasteiger charge is 2.17. The molecule has 0 bridgehead atoms. The Balaban J connectivity index is 1.52. The van der Waals surface area contributed by atoms with Gasteiger partial charge in [-0.15, -0.1) is 0 Å². The number of hydrogen-bond acceptors (Lipinski definition) is 3. The molecule has 1 atom stereocenters. The molecule has 2 aromatic rings. The second kappa shape index (κ2) is 12.1. The maximum absolute atomic E-state index is 13.8. The lowest BCUT2D eigenvalue weighted by atomic mass is 10.1. The number of guanidine groups is 1. The number of aliphatic imine (C=N–C) groups is 1. The fourth-order valence-electron chi connectivity index (χ4n) is 3.58. The maximum Gasteiger partial charge on any atom is 0.253 e. The summed E-state index contributed by atoms with van der Waals surface area (Å²) in [5.41, 5.74) is 1.75. The Morgan fingerprint density at radius 3 is 2.50 bits per heavy atom. The summed E-state index contributed by atoms with van der Waals surface area (Å²) in [6, 6.07) is 14.0. The molecule has 0 saturated carbocycles. The molecule has 0 spiro atoms. The van der Waals surface area contributed by atoms with Gasteiger partial charge in [0.2, 0.25) is 0 Å². The Morgan fingerprint density at radius 2 is 1.81 bits per heavy atom. The van der Waals surface area contributed by atoms with Crippen LogP contribution >= 0.6 is 0 Å². The molecule has 6 nitrogen and oxygen atoms in total. The summed E-state index contributed by atoms with van der Waals surface area (Å²) in [6.45, 7) is 7.25. The molecule has 1 saturated heterocycles. The Hall–Kier alpha value is -3.09. The molecule has 3 rings (SSSR count). The highest BCUT2D eigenvalue weighted by atomic mass is 19.1. The summed E-state index contributed by atoms with van der Waals surface area (Å²) in [5, 5.41) is 6.44.